The first-order valence-electron chi connectivity index (χ1n) is 23.7. The maximum Gasteiger partial charge on any atom is 0.166 e. The summed E-state index contributed by atoms with van der Waals surface area (Å²) in [5.74, 6) is 1.32. The van der Waals surface area contributed by atoms with Crippen LogP contribution in [0.5, 0.6) is 0 Å². The molecule has 0 atom stereocenters. The van der Waals surface area contributed by atoms with Crippen LogP contribution in [0.2, 0.25) is 0 Å². The molecule has 0 N–H and O–H groups in total. The van der Waals surface area contributed by atoms with Crippen molar-refractivity contribution in [2.24, 2.45) is 0 Å². The Morgan fingerprint density at radius 3 is 1.79 bits per heavy atom. The van der Waals surface area contributed by atoms with E-state index >= 15 is 0 Å². The monoisotopic (exact) mass is 827 g/mol. The predicted octanol–water partition coefficient (Wildman–Crippen LogP) is 15.1. The molecule has 13 aromatic rings. The smallest absolute Gasteiger partial charge is 0.166 e. The van der Waals surface area contributed by atoms with E-state index in [2.05, 4.69) is 77.4 Å². The molecule has 0 saturated heterocycles. The molecule has 0 bridgehead atoms. The second-order valence-electron chi connectivity index (χ2n) is 15.5. The fourth-order valence-electron chi connectivity index (χ4n) is 9.18. The quantitative estimate of drug-likeness (QED) is 0.168. The molecule has 0 saturated carbocycles. The van der Waals surface area contributed by atoms with Crippen LogP contribution in [-0.4, -0.2) is 24.1 Å². The zero-order chi connectivity index (χ0) is 46.7. The zero-order valence-corrected chi connectivity index (χ0v) is 34.2. The minimum atomic E-state index is -0.177. The van der Waals surface area contributed by atoms with Crippen molar-refractivity contribution in [1.82, 2.24) is 24.1 Å². The fraction of sp³-hybridized carbons (Fsp3) is 0. The van der Waals surface area contributed by atoms with Crippen LogP contribution in [0.3, 0.4) is 0 Å². The Labute approximate surface area is 374 Å². The lowest BCUT2D eigenvalue weighted by Gasteiger charge is -2.17. The number of thiophene rings is 1. The van der Waals surface area contributed by atoms with Gasteiger partial charge in [-0.25, -0.2) is 15.0 Å². The Bertz CT molecular complexity index is 4210. The molecular weight excluding hydrogens is 787 g/mol. The van der Waals surface area contributed by atoms with Crippen molar-refractivity contribution in [2.75, 3.05) is 0 Å². The van der Waals surface area contributed by atoms with Crippen LogP contribution < -0.4 is 0 Å². The number of para-hydroxylation sites is 5. The summed E-state index contributed by atoms with van der Waals surface area (Å²) in [6.07, 6.45) is 0. The van der Waals surface area contributed by atoms with Gasteiger partial charge in [-0.2, -0.15) is 0 Å². The van der Waals surface area contributed by atoms with Crippen LogP contribution in [-0.2, 0) is 0 Å². The summed E-state index contributed by atoms with van der Waals surface area (Å²) >= 11 is 1.68. The molecule has 5 nitrogen and oxygen atoms in total. The lowest BCUT2D eigenvalue weighted by atomic mass is 9.98. The minimum absolute atomic E-state index is 0.0420. The van der Waals surface area contributed by atoms with E-state index in [0.29, 0.717) is 28.7 Å². The summed E-state index contributed by atoms with van der Waals surface area (Å²) in [4.78, 5) is 15.8. The Hall–Kier alpha value is -8.19. The number of hydrogen-bond acceptors (Lipinski definition) is 4. The number of aromatic nitrogens is 5. The SMILES string of the molecule is [2H]c1cc([2H])c2c(c1[2H])c1c([2H])c([2H])cc([2H])c1n2-c1cc(-c2nc(-c3ccccc3)nc(-c3cccc4c5ccccc5n(-c5ccccc5)c34)n2)ccc1-c1cccc2c1sc1ccccc12. The molecule has 0 unspecified atom stereocenters. The number of rotatable bonds is 6. The van der Waals surface area contributed by atoms with Gasteiger partial charge in [-0.3, -0.25) is 0 Å². The number of benzene rings is 9. The van der Waals surface area contributed by atoms with Crippen LogP contribution in [0.1, 0.15) is 8.22 Å². The van der Waals surface area contributed by atoms with Gasteiger partial charge >= 0.3 is 0 Å². The van der Waals surface area contributed by atoms with Crippen molar-refractivity contribution >= 4 is 75.1 Å². The molecule has 63 heavy (non-hydrogen) atoms. The zero-order valence-electron chi connectivity index (χ0n) is 39.4. The summed E-state index contributed by atoms with van der Waals surface area (Å²) < 4.78 is 60.9. The Morgan fingerprint density at radius 2 is 1.02 bits per heavy atom. The van der Waals surface area contributed by atoms with Crippen molar-refractivity contribution in [2.45, 2.75) is 0 Å². The number of nitrogens with zero attached hydrogens (tertiary/aromatic N) is 5. The van der Waals surface area contributed by atoms with Crippen LogP contribution in [0, 0.1) is 0 Å². The molecule has 0 radical (unpaired) electrons. The van der Waals surface area contributed by atoms with Crippen molar-refractivity contribution in [3.05, 3.63) is 212 Å². The van der Waals surface area contributed by atoms with E-state index in [4.69, 9.17) is 17.7 Å². The first kappa shape index (κ1) is 29.9. The molecule has 294 valence electrons. The van der Waals surface area contributed by atoms with E-state index in [0.717, 1.165) is 69.9 Å². The molecule has 0 amide bonds. The topological polar surface area (TPSA) is 48.5 Å². The van der Waals surface area contributed by atoms with E-state index in [1.807, 2.05) is 91.0 Å². The maximum atomic E-state index is 9.42. The maximum absolute atomic E-state index is 9.42. The molecule has 13 rings (SSSR count). The molecule has 9 aromatic carbocycles. The summed E-state index contributed by atoms with van der Waals surface area (Å²) in [6, 6.07) is 57.1. The van der Waals surface area contributed by atoms with Gasteiger partial charge in [-0.15, -0.1) is 11.3 Å². The van der Waals surface area contributed by atoms with Crippen molar-refractivity contribution in [3.63, 3.8) is 0 Å². The van der Waals surface area contributed by atoms with Crippen LogP contribution in [0.15, 0.2) is 212 Å². The van der Waals surface area contributed by atoms with Gasteiger partial charge in [0.05, 0.1) is 36.0 Å². The van der Waals surface area contributed by atoms with Gasteiger partial charge < -0.3 is 9.13 Å². The van der Waals surface area contributed by atoms with Gasteiger partial charge in [0.15, 0.2) is 17.5 Å². The largest absolute Gasteiger partial charge is 0.309 e. The second-order valence-corrected chi connectivity index (χ2v) is 16.5. The molecule has 0 aliphatic rings. The molecule has 4 heterocycles. The van der Waals surface area contributed by atoms with E-state index in [1.54, 1.807) is 15.9 Å². The minimum Gasteiger partial charge on any atom is -0.309 e. The predicted molar refractivity (Wildman–Crippen MR) is 263 cm³/mol. The average Bonchev–Trinajstić information content (AvgIpc) is 4.07. The highest BCUT2D eigenvalue weighted by molar-refractivity contribution is 7.26. The molecule has 0 fully saturated rings. The fourth-order valence-corrected chi connectivity index (χ4v) is 10.4. The third kappa shape index (κ3) is 5.59. The normalized spacial score (nSPS) is 13.1. The molecule has 4 aromatic heterocycles. The van der Waals surface area contributed by atoms with Gasteiger partial charge in [-0.1, -0.05) is 164 Å². The van der Waals surface area contributed by atoms with Crippen LogP contribution >= 0.6 is 11.3 Å². The van der Waals surface area contributed by atoms with Crippen molar-refractivity contribution in [1.29, 1.82) is 0 Å². The summed E-state index contributed by atoms with van der Waals surface area (Å²) in [5, 5.41) is 4.73. The first-order chi connectivity index (χ1) is 33.7. The Kier molecular flexibility index (Phi) is 6.75. The highest BCUT2D eigenvalue weighted by atomic mass is 32.1. The van der Waals surface area contributed by atoms with Crippen LogP contribution in [0.4, 0.5) is 0 Å². The Morgan fingerprint density at radius 1 is 0.397 bits per heavy atom. The molecule has 0 aliphatic carbocycles. The van der Waals surface area contributed by atoms with Crippen LogP contribution in [0.25, 0.3) is 120 Å². The lowest BCUT2D eigenvalue weighted by Crippen LogP contribution is -2.03. The second kappa shape index (κ2) is 14.2. The van der Waals surface area contributed by atoms with Gasteiger partial charge in [0.2, 0.25) is 0 Å². The van der Waals surface area contributed by atoms with Gasteiger partial charge in [0, 0.05) is 75.2 Å². The highest BCUT2D eigenvalue weighted by Gasteiger charge is 2.23. The van der Waals surface area contributed by atoms with E-state index in [9.17, 15) is 5.48 Å². The molecule has 0 spiro atoms. The summed E-state index contributed by atoms with van der Waals surface area (Å²) in [7, 11) is 0. The van der Waals surface area contributed by atoms with Crippen molar-refractivity contribution in [3.8, 4) is 56.7 Å². The lowest BCUT2D eigenvalue weighted by molar-refractivity contribution is 1.07. The average molecular weight is 828 g/mol. The number of hydrogen-bond donors (Lipinski definition) is 0. The summed E-state index contributed by atoms with van der Waals surface area (Å²) in [6.45, 7) is 0. The first-order valence-corrected chi connectivity index (χ1v) is 21.5. The van der Waals surface area contributed by atoms with E-state index in [-0.39, 0.29) is 58.1 Å². The van der Waals surface area contributed by atoms with Gasteiger partial charge in [-0.05, 0) is 48.5 Å². The van der Waals surface area contributed by atoms with E-state index in [1.165, 1.54) is 12.1 Å². The molecular formula is C57H35N5S. The number of fused-ring (bicyclic) bond motifs is 9. The van der Waals surface area contributed by atoms with E-state index < -0.39 is 0 Å². The third-order valence-electron chi connectivity index (χ3n) is 11.9. The Balaban J connectivity index is 1.14. The van der Waals surface area contributed by atoms with Gasteiger partial charge in [0.25, 0.3) is 0 Å². The highest BCUT2D eigenvalue weighted by Crippen LogP contribution is 2.45. The third-order valence-corrected chi connectivity index (χ3v) is 13.2. The van der Waals surface area contributed by atoms with Gasteiger partial charge in [0.1, 0.15) is 0 Å². The molecule has 0 aliphatic heterocycles. The standard InChI is InChI=1S/C57H35N5S/c1-3-17-36(18-4-1)55-58-56(60-57(59-55)47-28-15-25-44-41-23-9-11-29-48(41)61(53(44)47)38-19-5-2-6-20-38)37-33-34-42(45-26-16-27-46-43-24-10-14-32-52(43)63-54(45)46)51(35-37)62-49-30-12-7-21-39(49)40-22-8-13-31-50(40)62/h1-35H/i7D,8D,21D,22D,30D,31D. The van der Waals surface area contributed by atoms with Crippen molar-refractivity contribution < 1.29 is 8.22 Å². The molecule has 6 heteroatoms. The summed E-state index contributed by atoms with van der Waals surface area (Å²) in [5.41, 5.74) is 8.00.